The minimum atomic E-state index is -0.178. The van der Waals surface area contributed by atoms with Crippen LogP contribution in [0.2, 0.25) is 0 Å². The van der Waals surface area contributed by atoms with Crippen LogP contribution in [0, 0.1) is 6.92 Å². The highest BCUT2D eigenvalue weighted by molar-refractivity contribution is 6.15. The van der Waals surface area contributed by atoms with Gasteiger partial charge in [-0.15, -0.1) is 0 Å². The molecular formula is C26H26N2O4. The molecule has 1 fully saturated rings. The minimum absolute atomic E-state index is 0.167. The molecule has 6 nitrogen and oxygen atoms in total. The van der Waals surface area contributed by atoms with Crippen LogP contribution in [0.4, 0.5) is 0 Å². The van der Waals surface area contributed by atoms with E-state index < -0.39 is 0 Å². The number of hydrogen-bond acceptors (Lipinski definition) is 6. The van der Waals surface area contributed by atoms with Crippen molar-refractivity contribution in [1.29, 1.82) is 0 Å². The number of phenols is 1. The lowest BCUT2D eigenvalue weighted by atomic mass is 9.99. The molecule has 0 atom stereocenters. The first-order chi connectivity index (χ1) is 15.6. The molecule has 0 bridgehead atoms. The highest BCUT2D eigenvalue weighted by atomic mass is 16.5. The van der Waals surface area contributed by atoms with Gasteiger partial charge in [0.1, 0.15) is 17.3 Å². The van der Waals surface area contributed by atoms with E-state index in [-0.39, 0.29) is 17.3 Å². The van der Waals surface area contributed by atoms with Gasteiger partial charge in [-0.05, 0) is 36.2 Å². The zero-order valence-corrected chi connectivity index (χ0v) is 18.1. The fourth-order valence-electron chi connectivity index (χ4n) is 4.41. The lowest BCUT2D eigenvalue weighted by Gasteiger charge is -2.35. The van der Waals surface area contributed by atoms with Crippen LogP contribution < -0.4 is 4.74 Å². The van der Waals surface area contributed by atoms with Gasteiger partial charge in [-0.25, -0.2) is 0 Å². The topological polar surface area (TPSA) is 66.2 Å². The summed E-state index contributed by atoms with van der Waals surface area (Å²) in [6, 6.07) is 15.7. The van der Waals surface area contributed by atoms with Crippen LogP contribution in [0.25, 0.3) is 6.08 Å². The van der Waals surface area contributed by atoms with Crippen molar-refractivity contribution in [1.82, 2.24) is 9.80 Å². The van der Waals surface area contributed by atoms with E-state index in [0.717, 1.165) is 32.7 Å². The Labute approximate surface area is 187 Å². The number of carbonyl (C=O) groups is 1. The zero-order valence-electron chi connectivity index (χ0n) is 18.1. The maximum atomic E-state index is 13.0. The molecule has 0 spiro atoms. The largest absolute Gasteiger partial charge is 0.507 e. The molecule has 32 heavy (non-hydrogen) atoms. The molecule has 5 rings (SSSR count). The van der Waals surface area contributed by atoms with Gasteiger partial charge in [0.25, 0.3) is 0 Å². The Morgan fingerprint density at radius 1 is 1.00 bits per heavy atom. The quantitative estimate of drug-likeness (QED) is 0.611. The molecule has 3 aromatic rings. The van der Waals surface area contributed by atoms with Gasteiger partial charge in [0, 0.05) is 45.3 Å². The Kier molecular flexibility index (Phi) is 5.55. The van der Waals surface area contributed by atoms with Crippen LogP contribution in [0.3, 0.4) is 0 Å². The monoisotopic (exact) mass is 430 g/mol. The van der Waals surface area contributed by atoms with Gasteiger partial charge in [-0.3, -0.25) is 14.6 Å². The molecule has 1 N–H and O–H groups in total. The number of piperazine rings is 1. The van der Waals surface area contributed by atoms with Crippen LogP contribution in [0.1, 0.15) is 32.8 Å². The number of aromatic hydroxyl groups is 1. The molecule has 0 radical (unpaired) electrons. The van der Waals surface area contributed by atoms with Gasteiger partial charge in [0.15, 0.2) is 5.76 Å². The summed E-state index contributed by atoms with van der Waals surface area (Å²) in [7, 11) is 0. The highest BCUT2D eigenvalue weighted by Gasteiger charge is 2.34. The number of rotatable bonds is 5. The predicted octanol–water partition coefficient (Wildman–Crippen LogP) is 4.23. The number of furan rings is 1. The Hall–Kier alpha value is -3.35. The summed E-state index contributed by atoms with van der Waals surface area (Å²) in [6.45, 7) is 6.98. The molecule has 1 saturated heterocycles. The molecule has 0 amide bonds. The first-order valence-electron chi connectivity index (χ1n) is 10.9. The van der Waals surface area contributed by atoms with E-state index in [1.54, 1.807) is 30.5 Å². The number of nitrogens with zero attached hydrogens (tertiary/aromatic N) is 2. The first-order valence-corrected chi connectivity index (χ1v) is 10.9. The lowest BCUT2D eigenvalue weighted by molar-refractivity contribution is 0.101. The summed E-state index contributed by atoms with van der Waals surface area (Å²) >= 11 is 0. The van der Waals surface area contributed by atoms with Crippen molar-refractivity contribution in [2.45, 2.75) is 20.0 Å². The van der Waals surface area contributed by atoms with Crippen LogP contribution in [0.5, 0.6) is 11.5 Å². The van der Waals surface area contributed by atoms with Crippen molar-refractivity contribution in [3.05, 3.63) is 88.6 Å². The summed E-state index contributed by atoms with van der Waals surface area (Å²) in [5.41, 5.74) is 3.22. The van der Waals surface area contributed by atoms with Crippen molar-refractivity contribution < 1.29 is 19.1 Å². The van der Waals surface area contributed by atoms with Gasteiger partial charge in [0.2, 0.25) is 5.78 Å². The van der Waals surface area contributed by atoms with Gasteiger partial charge in [0.05, 0.1) is 17.4 Å². The molecule has 2 aliphatic heterocycles. The van der Waals surface area contributed by atoms with E-state index in [4.69, 9.17) is 9.15 Å². The number of benzene rings is 2. The number of ketones is 1. The molecule has 1 aromatic heterocycles. The Balaban J connectivity index is 1.31. The van der Waals surface area contributed by atoms with Crippen molar-refractivity contribution in [3.63, 3.8) is 0 Å². The second kappa shape index (κ2) is 8.65. The van der Waals surface area contributed by atoms with E-state index in [1.165, 1.54) is 5.56 Å². The second-order valence-electron chi connectivity index (χ2n) is 8.39. The smallest absolute Gasteiger partial charge is 0.232 e. The van der Waals surface area contributed by atoms with E-state index in [2.05, 4.69) is 34.1 Å². The van der Waals surface area contributed by atoms with E-state index in [1.807, 2.05) is 13.0 Å². The molecule has 0 saturated carbocycles. The maximum Gasteiger partial charge on any atom is 0.232 e. The van der Waals surface area contributed by atoms with Crippen LogP contribution in [-0.4, -0.2) is 46.9 Å². The number of hydrogen-bond donors (Lipinski definition) is 1. The van der Waals surface area contributed by atoms with Crippen molar-refractivity contribution in [2.75, 3.05) is 26.2 Å². The Bertz CT molecular complexity index is 1140. The first kappa shape index (κ1) is 20.5. The molecular weight excluding hydrogens is 404 g/mol. The van der Waals surface area contributed by atoms with Gasteiger partial charge in [-0.1, -0.05) is 30.3 Å². The average molecular weight is 431 g/mol. The summed E-state index contributed by atoms with van der Waals surface area (Å²) in [5, 5.41) is 10.7. The minimum Gasteiger partial charge on any atom is -0.507 e. The van der Waals surface area contributed by atoms with Crippen molar-refractivity contribution >= 4 is 11.9 Å². The summed E-state index contributed by atoms with van der Waals surface area (Å²) in [5.74, 6) is 1.23. The molecule has 0 aliphatic carbocycles. The lowest BCUT2D eigenvalue weighted by Crippen LogP contribution is -2.45. The molecule has 2 aliphatic rings. The molecule has 3 heterocycles. The summed E-state index contributed by atoms with van der Waals surface area (Å²) in [4.78, 5) is 17.7. The van der Waals surface area contributed by atoms with Crippen LogP contribution in [-0.2, 0) is 13.1 Å². The second-order valence-corrected chi connectivity index (χ2v) is 8.39. The van der Waals surface area contributed by atoms with Crippen molar-refractivity contribution in [3.8, 4) is 11.5 Å². The molecule has 164 valence electrons. The standard InChI is InChI=1S/C26H26N2O4/c1-18-14-22(29)21(26-24(18)25(30)23(32-26)15-20-8-5-13-31-20)17-28-11-9-27(10-12-28)16-19-6-3-2-4-7-19/h2-8,13-15,29H,9-12,16-17H2,1H3/b23-15-. The van der Waals surface area contributed by atoms with Crippen molar-refractivity contribution in [2.24, 2.45) is 0 Å². The number of aryl methyl sites for hydroxylation is 1. The molecule has 2 aromatic carbocycles. The van der Waals surface area contributed by atoms with Gasteiger partial charge in [-0.2, -0.15) is 0 Å². The molecule has 6 heteroatoms. The fourth-order valence-corrected chi connectivity index (χ4v) is 4.41. The number of fused-ring (bicyclic) bond motifs is 1. The third kappa shape index (κ3) is 4.07. The SMILES string of the molecule is Cc1cc(O)c(CN2CCN(Cc3ccccc3)CC2)c2c1C(=O)/C(=C/c1ccco1)O2. The molecule has 0 unspecified atom stereocenters. The highest BCUT2D eigenvalue weighted by Crippen LogP contribution is 2.42. The third-order valence-corrected chi connectivity index (χ3v) is 6.13. The normalized spacial score (nSPS) is 18.2. The zero-order chi connectivity index (χ0) is 22.1. The summed E-state index contributed by atoms with van der Waals surface area (Å²) in [6.07, 6.45) is 3.16. The number of Topliss-reactive ketones (excluding diaryl/α,β-unsaturated/α-hetero) is 1. The average Bonchev–Trinajstić information content (AvgIpc) is 3.42. The van der Waals surface area contributed by atoms with Crippen LogP contribution in [0.15, 0.2) is 65.0 Å². The Morgan fingerprint density at radius 3 is 2.41 bits per heavy atom. The number of phenolic OH excluding ortho intramolecular Hbond substituents is 1. The Morgan fingerprint density at radius 2 is 1.72 bits per heavy atom. The number of ether oxygens (including phenoxy) is 1. The third-order valence-electron chi connectivity index (χ3n) is 6.13. The van der Waals surface area contributed by atoms with Crippen LogP contribution >= 0.6 is 0 Å². The summed E-state index contributed by atoms with van der Waals surface area (Å²) < 4.78 is 11.3. The fraction of sp³-hybridized carbons (Fsp3) is 0.269. The van der Waals surface area contributed by atoms with E-state index in [9.17, 15) is 9.90 Å². The van der Waals surface area contributed by atoms with E-state index >= 15 is 0 Å². The van der Waals surface area contributed by atoms with Gasteiger partial charge < -0.3 is 14.3 Å². The maximum absolute atomic E-state index is 13.0. The number of allylic oxidation sites excluding steroid dienone is 1. The predicted molar refractivity (Wildman–Crippen MR) is 121 cm³/mol. The van der Waals surface area contributed by atoms with E-state index in [0.29, 0.717) is 34.7 Å². The van der Waals surface area contributed by atoms with Gasteiger partial charge >= 0.3 is 0 Å². The number of carbonyl (C=O) groups excluding carboxylic acids is 1.